The minimum Gasteiger partial charge on any atom is -0.497 e. The second kappa shape index (κ2) is 15.2. The third-order valence-corrected chi connectivity index (χ3v) is 8.42. The Morgan fingerprint density at radius 2 is 1.67 bits per heavy atom. The highest BCUT2D eigenvalue weighted by molar-refractivity contribution is 8.00. The second-order valence-corrected chi connectivity index (χ2v) is 11.8. The van der Waals surface area contributed by atoms with E-state index in [-0.39, 0.29) is 17.4 Å². The fraction of sp³-hybridized carbons (Fsp3) is 0.0588. The molecule has 3 N–H and O–H groups in total. The summed E-state index contributed by atoms with van der Waals surface area (Å²) in [6.45, 7) is 0. The number of nitrogens with zero attached hydrogens (tertiary/aromatic N) is 1. The zero-order valence-electron chi connectivity index (χ0n) is 24.0. The van der Waals surface area contributed by atoms with Gasteiger partial charge in [-0.3, -0.25) is 14.4 Å². The van der Waals surface area contributed by atoms with Crippen molar-refractivity contribution in [1.82, 2.24) is 10.3 Å². The predicted octanol–water partition coefficient (Wildman–Crippen LogP) is 7.61. The number of anilines is 2. The van der Waals surface area contributed by atoms with Crippen molar-refractivity contribution in [2.45, 2.75) is 4.90 Å². The number of amides is 3. The Morgan fingerprint density at radius 3 is 2.42 bits per heavy atom. The van der Waals surface area contributed by atoms with Crippen molar-refractivity contribution in [1.29, 1.82) is 0 Å². The van der Waals surface area contributed by atoms with Crippen molar-refractivity contribution in [3.05, 3.63) is 130 Å². The predicted molar refractivity (Wildman–Crippen MR) is 182 cm³/mol. The lowest BCUT2D eigenvalue weighted by molar-refractivity contribution is -0.114. The molecule has 1 aromatic heterocycles. The number of rotatable bonds is 11. The number of halogens is 1. The molecule has 1 heterocycles. The van der Waals surface area contributed by atoms with Gasteiger partial charge in [-0.2, -0.15) is 0 Å². The van der Waals surface area contributed by atoms with E-state index in [0.717, 1.165) is 10.5 Å². The molecular formula is C34H27ClN4O4S2. The molecule has 0 bridgehead atoms. The van der Waals surface area contributed by atoms with Crippen LogP contribution in [0.2, 0.25) is 5.02 Å². The highest BCUT2D eigenvalue weighted by Gasteiger charge is 2.16. The number of thiazole rings is 1. The molecule has 4 aromatic carbocycles. The first-order chi connectivity index (χ1) is 21.9. The molecule has 45 heavy (non-hydrogen) atoms. The van der Waals surface area contributed by atoms with Gasteiger partial charge in [0.25, 0.3) is 11.8 Å². The number of carbonyl (C=O) groups excluding carboxylic acids is 3. The maximum absolute atomic E-state index is 13.3. The summed E-state index contributed by atoms with van der Waals surface area (Å²) in [5.74, 6) is -0.317. The minimum atomic E-state index is -0.499. The van der Waals surface area contributed by atoms with Gasteiger partial charge >= 0.3 is 0 Å². The standard InChI is InChI=1S/C34H27ClN4O4S2/c1-43-25-11-7-8-22(18-25)19-29(37-32(41)23-9-3-2-4-10-23)33(42)36-24-14-16-26(17-15-24)44-21-31(40)39-34-38-30(20-45-34)27-12-5-6-13-28(27)35/h2-20H,21H2,1H3,(H,36,42)(H,37,41)(H,38,39,40)/b29-19-. The topological polar surface area (TPSA) is 109 Å². The van der Waals surface area contributed by atoms with Crippen LogP contribution in [0, 0.1) is 0 Å². The van der Waals surface area contributed by atoms with E-state index in [4.69, 9.17) is 16.3 Å². The van der Waals surface area contributed by atoms with Gasteiger partial charge in [0.15, 0.2) is 5.13 Å². The van der Waals surface area contributed by atoms with Crippen LogP contribution < -0.4 is 20.7 Å². The average molecular weight is 655 g/mol. The average Bonchev–Trinajstić information content (AvgIpc) is 3.52. The molecule has 5 rings (SSSR count). The van der Waals surface area contributed by atoms with Crippen LogP contribution in [0.5, 0.6) is 5.75 Å². The molecule has 5 aromatic rings. The summed E-state index contributed by atoms with van der Waals surface area (Å²) in [5, 5.41) is 11.3. The summed E-state index contributed by atoms with van der Waals surface area (Å²) in [6, 6.07) is 30.3. The third-order valence-electron chi connectivity index (χ3n) is 6.32. The van der Waals surface area contributed by atoms with Crippen LogP contribution in [0.25, 0.3) is 17.3 Å². The van der Waals surface area contributed by atoms with E-state index < -0.39 is 11.8 Å². The molecule has 0 saturated carbocycles. The molecule has 0 aliphatic heterocycles. The zero-order valence-corrected chi connectivity index (χ0v) is 26.3. The summed E-state index contributed by atoms with van der Waals surface area (Å²) < 4.78 is 5.29. The van der Waals surface area contributed by atoms with Gasteiger partial charge < -0.3 is 20.7 Å². The van der Waals surface area contributed by atoms with Crippen LogP contribution in [-0.4, -0.2) is 35.6 Å². The van der Waals surface area contributed by atoms with Gasteiger partial charge in [0.1, 0.15) is 11.4 Å². The smallest absolute Gasteiger partial charge is 0.272 e. The van der Waals surface area contributed by atoms with E-state index in [9.17, 15) is 14.4 Å². The lowest BCUT2D eigenvalue weighted by Crippen LogP contribution is -2.30. The molecular weight excluding hydrogens is 628 g/mol. The Hall–Kier alpha value is -4.90. The van der Waals surface area contributed by atoms with Gasteiger partial charge in [-0.1, -0.05) is 60.1 Å². The lowest BCUT2D eigenvalue weighted by atomic mass is 10.1. The first-order valence-corrected chi connectivity index (χ1v) is 15.9. The molecule has 0 fully saturated rings. The van der Waals surface area contributed by atoms with Crippen molar-refractivity contribution in [2.24, 2.45) is 0 Å². The van der Waals surface area contributed by atoms with Crippen LogP contribution in [0.4, 0.5) is 10.8 Å². The first-order valence-electron chi connectivity index (χ1n) is 13.6. The van der Waals surface area contributed by atoms with Crippen LogP contribution in [0.3, 0.4) is 0 Å². The highest BCUT2D eigenvalue weighted by atomic mass is 35.5. The molecule has 8 nitrogen and oxygen atoms in total. The number of carbonyl (C=O) groups is 3. The summed E-state index contributed by atoms with van der Waals surface area (Å²) in [7, 11) is 1.56. The molecule has 0 unspecified atom stereocenters. The van der Waals surface area contributed by atoms with Crippen LogP contribution in [0.1, 0.15) is 15.9 Å². The lowest BCUT2D eigenvalue weighted by Gasteiger charge is -2.12. The number of nitrogens with one attached hydrogen (secondary N) is 3. The number of hydrogen-bond donors (Lipinski definition) is 3. The minimum absolute atomic E-state index is 0.0621. The van der Waals surface area contributed by atoms with E-state index >= 15 is 0 Å². The van der Waals surface area contributed by atoms with Crippen molar-refractivity contribution in [3.63, 3.8) is 0 Å². The molecule has 11 heteroatoms. The molecule has 226 valence electrons. The van der Waals surface area contributed by atoms with Crippen molar-refractivity contribution in [2.75, 3.05) is 23.5 Å². The van der Waals surface area contributed by atoms with Crippen molar-refractivity contribution >= 4 is 69.3 Å². The number of thioether (sulfide) groups is 1. The van der Waals surface area contributed by atoms with Gasteiger partial charge in [0.05, 0.1) is 18.6 Å². The van der Waals surface area contributed by atoms with Crippen molar-refractivity contribution < 1.29 is 19.1 Å². The van der Waals surface area contributed by atoms with Crippen LogP contribution in [-0.2, 0) is 9.59 Å². The molecule has 0 radical (unpaired) electrons. The monoisotopic (exact) mass is 654 g/mol. The molecule has 0 aliphatic carbocycles. The van der Waals surface area contributed by atoms with E-state index in [1.165, 1.54) is 23.1 Å². The van der Waals surface area contributed by atoms with Crippen LogP contribution in [0.15, 0.2) is 119 Å². The van der Waals surface area contributed by atoms with E-state index in [1.807, 2.05) is 29.6 Å². The molecule has 0 spiro atoms. The zero-order chi connectivity index (χ0) is 31.6. The number of ether oxygens (including phenoxy) is 1. The number of benzene rings is 4. The maximum atomic E-state index is 13.3. The van der Waals surface area contributed by atoms with Gasteiger partial charge in [-0.15, -0.1) is 23.1 Å². The fourth-order valence-electron chi connectivity index (χ4n) is 4.10. The molecule has 0 saturated heterocycles. The molecule has 0 aliphatic rings. The Morgan fingerprint density at radius 1 is 0.911 bits per heavy atom. The summed E-state index contributed by atoms with van der Waals surface area (Å²) >= 11 is 8.94. The SMILES string of the molecule is COc1cccc(/C=C(\NC(=O)c2ccccc2)C(=O)Nc2ccc(SCC(=O)Nc3nc(-c4ccccc4Cl)cs3)cc2)c1. The molecule has 0 atom stereocenters. The number of hydrogen-bond acceptors (Lipinski definition) is 7. The largest absolute Gasteiger partial charge is 0.497 e. The van der Waals surface area contributed by atoms with E-state index in [1.54, 1.807) is 92.0 Å². The Labute approximate surface area is 273 Å². The number of aromatic nitrogens is 1. The highest BCUT2D eigenvalue weighted by Crippen LogP contribution is 2.30. The second-order valence-electron chi connectivity index (χ2n) is 9.49. The van der Waals surface area contributed by atoms with Gasteiger partial charge in [0.2, 0.25) is 5.91 Å². The van der Waals surface area contributed by atoms with Gasteiger partial charge in [0, 0.05) is 32.1 Å². The number of methoxy groups -OCH3 is 1. The quantitative estimate of drug-likeness (QED) is 0.0999. The van der Waals surface area contributed by atoms with E-state index in [2.05, 4.69) is 20.9 Å². The Kier molecular flexibility index (Phi) is 10.7. The van der Waals surface area contributed by atoms with Crippen molar-refractivity contribution in [3.8, 4) is 17.0 Å². The fourth-order valence-corrected chi connectivity index (χ4v) is 5.76. The maximum Gasteiger partial charge on any atom is 0.272 e. The first kappa shape index (κ1) is 31.5. The summed E-state index contributed by atoms with van der Waals surface area (Å²) in [4.78, 5) is 44.1. The normalized spacial score (nSPS) is 11.0. The molecule has 3 amide bonds. The third kappa shape index (κ3) is 8.82. The van der Waals surface area contributed by atoms with Crippen LogP contribution >= 0.6 is 34.7 Å². The Balaban J connectivity index is 1.20. The van der Waals surface area contributed by atoms with E-state index in [0.29, 0.717) is 38.4 Å². The van der Waals surface area contributed by atoms with Gasteiger partial charge in [-0.25, -0.2) is 4.98 Å². The van der Waals surface area contributed by atoms with Gasteiger partial charge in [-0.05, 0) is 66.2 Å². The summed E-state index contributed by atoms with van der Waals surface area (Å²) in [6.07, 6.45) is 1.58. The summed E-state index contributed by atoms with van der Waals surface area (Å²) in [5.41, 5.74) is 3.19. The Bertz CT molecular complexity index is 1840.